The fourth-order valence-corrected chi connectivity index (χ4v) is 3.25. The Labute approximate surface area is 120 Å². The lowest BCUT2D eigenvalue weighted by Crippen LogP contribution is -2.16. The molecule has 0 saturated heterocycles. The molecule has 2 rings (SSSR count). The van der Waals surface area contributed by atoms with Crippen LogP contribution in [-0.4, -0.2) is 11.5 Å². The van der Waals surface area contributed by atoms with Gasteiger partial charge in [0, 0.05) is 18.3 Å². The van der Waals surface area contributed by atoms with Crippen molar-refractivity contribution >= 4 is 34.0 Å². The number of anilines is 1. The minimum absolute atomic E-state index is 0.176. The summed E-state index contributed by atoms with van der Waals surface area (Å²) in [4.78, 5) is 10.4. The van der Waals surface area contributed by atoms with Gasteiger partial charge in [-0.05, 0) is 53.0 Å². The molecule has 5 heteroatoms. The van der Waals surface area contributed by atoms with E-state index in [0.717, 1.165) is 24.1 Å². The van der Waals surface area contributed by atoms with Crippen LogP contribution in [0.15, 0.2) is 18.2 Å². The number of benzene rings is 1. The van der Waals surface area contributed by atoms with Crippen LogP contribution in [0.5, 0.6) is 0 Å². The molecule has 0 aromatic heterocycles. The van der Waals surface area contributed by atoms with Crippen molar-refractivity contribution < 1.29 is 4.92 Å². The second-order valence-electron chi connectivity index (χ2n) is 4.97. The molecule has 1 N–H and O–H groups in total. The van der Waals surface area contributed by atoms with Crippen LogP contribution in [0.25, 0.3) is 0 Å². The van der Waals surface area contributed by atoms with E-state index in [0.29, 0.717) is 3.57 Å². The monoisotopic (exact) mass is 360 g/mol. The van der Waals surface area contributed by atoms with Crippen LogP contribution in [0.1, 0.15) is 26.2 Å². The summed E-state index contributed by atoms with van der Waals surface area (Å²) >= 11 is 2.01. The lowest BCUT2D eigenvalue weighted by molar-refractivity contribution is -0.385. The molecule has 0 amide bonds. The number of hydrogen-bond acceptors (Lipinski definition) is 3. The first-order valence-electron chi connectivity index (χ1n) is 6.25. The fourth-order valence-electron chi connectivity index (χ4n) is 2.54. The fraction of sp³-hybridized carbons (Fsp3) is 0.538. The Morgan fingerprint density at radius 3 is 2.83 bits per heavy atom. The van der Waals surface area contributed by atoms with E-state index in [2.05, 4.69) is 12.2 Å². The van der Waals surface area contributed by atoms with Crippen LogP contribution in [0, 0.1) is 25.5 Å². The maximum Gasteiger partial charge on any atom is 0.282 e. The third kappa shape index (κ3) is 3.13. The first-order valence-corrected chi connectivity index (χ1v) is 7.33. The highest BCUT2D eigenvalue weighted by atomic mass is 127. The number of rotatable bonds is 4. The number of nitro groups is 1. The van der Waals surface area contributed by atoms with Crippen LogP contribution >= 0.6 is 22.6 Å². The van der Waals surface area contributed by atoms with Gasteiger partial charge in [0.1, 0.15) is 0 Å². The molecule has 1 aliphatic rings. The quantitative estimate of drug-likeness (QED) is 0.501. The topological polar surface area (TPSA) is 55.2 Å². The van der Waals surface area contributed by atoms with Crippen LogP contribution < -0.4 is 5.32 Å². The standard InChI is InChI=1S/C13H17IN2O2/c1-9-3-2-4-10(9)8-15-11-5-6-13(16(17)18)12(14)7-11/h5-7,9-10,15H,2-4,8H2,1H3. The molecule has 2 atom stereocenters. The number of hydrogen-bond donors (Lipinski definition) is 1. The van der Waals surface area contributed by atoms with E-state index in [1.165, 1.54) is 19.3 Å². The highest BCUT2D eigenvalue weighted by Gasteiger charge is 2.23. The zero-order valence-corrected chi connectivity index (χ0v) is 12.5. The van der Waals surface area contributed by atoms with Crippen molar-refractivity contribution in [1.82, 2.24) is 0 Å². The molecule has 0 aliphatic heterocycles. The number of nitrogens with zero attached hydrogens (tertiary/aromatic N) is 1. The summed E-state index contributed by atoms with van der Waals surface area (Å²) in [5, 5.41) is 14.1. The molecule has 1 fully saturated rings. The van der Waals surface area contributed by atoms with Crippen molar-refractivity contribution in [2.75, 3.05) is 11.9 Å². The average Bonchev–Trinajstić information content (AvgIpc) is 2.72. The van der Waals surface area contributed by atoms with E-state index in [1.807, 2.05) is 28.7 Å². The van der Waals surface area contributed by atoms with Gasteiger partial charge in [0.25, 0.3) is 5.69 Å². The maximum atomic E-state index is 10.7. The zero-order valence-electron chi connectivity index (χ0n) is 10.4. The van der Waals surface area contributed by atoms with Crippen molar-refractivity contribution in [1.29, 1.82) is 0 Å². The average molecular weight is 360 g/mol. The van der Waals surface area contributed by atoms with Gasteiger partial charge >= 0.3 is 0 Å². The molecule has 4 nitrogen and oxygen atoms in total. The van der Waals surface area contributed by atoms with Gasteiger partial charge in [-0.25, -0.2) is 0 Å². The Morgan fingerprint density at radius 2 is 2.28 bits per heavy atom. The Morgan fingerprint density at radius 1 is 1.50 bits per heavy atom. The molecule has 1 aromatic carbocycles. The first-order chi connectivity index (χ1) is 8.58. The van der Waals surface area contributed by atoms with Gasteiger partial charge in [0.2, 0.25) is 0 Å². The highest BCUT2D eigenvalue weighted by molar-refractivity contribution is 14.1. The molecule has 2 unspecified atom stereocenters. The molecule has 1 aromatic rings. The first kappa shape index (κ1) is 13.6. The second-order valence-corrected chi connectivity index (χ2v) is 6.13. The number of nitrogens with one attached hydrogen (secondary N) is 1. The van der Waals surface area contributed by atoms with E-state index in [-0.39, 0.29) is 10.6 Å². The van der Waals surface area contributed by atoms with Crippen LogP contribution in [-0.2, 0) is 0 Å². The Hall–Kier alpha value is -0.850. The molecular formula is C13H17IN2O2. The predicted molar refractivity (Wildman–Crippen MR) is 80.8 cm³/mol. The lowest BCUT2D eigenvalue weighted by atomic mass is 9.98. The van der Waals surface area contributed by atoms with Gasteiger partial charge < -0.3 is 5.32 Å². The SMILES string of the molecule is CC1CCCC1CNc1ccc([N+](=O)[O-])c(I)c1. The molecule has 1 saturated carbocycles. The number of halogens is 1. The predicted octanol–water partition coefficient (Wildman–Crippen LogP) is 4.05. The summed E-state index contributed by atoms with van der Waals surface area (Å²) in [6.45, 7) is 3.27. The summed E-state index contributed by atoms with van der Waals surface area (Å²) in [6.07, 6.45) is 3.94. The van der Waals surface area contributed by atoms with Crippen molar-refractivity contribution in [2.24, 2.45) is 11.8 Å². The maximum absolute atomic E-state index is 10.7. The van der Waals surface area contributed by atoms with E-state index < -0.39 is 0 Å². The molecule has 0 spiro atoms. The van der Waals surface area contributed by atoms with Gasteiger partial charge in [-0.1, -0.05) is 19.8 Å². The van der Waals surface area contributed by atoms with Crippen molar-refractivity contribution in [3.8, 4) is 0 Å². The molecular weight excluding hydrogens is 343 g/mol. The normalized spacial score (nSPS) is 23.0. The van der Waals surface area contributed by atoms with E-state index >= 15 is 0 Å². The van der Waals surface area contributed by atoms with Gasteiger partial charge in [0.15, 0.2) is 0 Å². The van der Waals surface area contributed by atoms with E-state index in [4.69, 9.17) is 0 Å². The van der Waals surface area contributed by atoms with E-state index in [1.54, 1.807) is 12.1 Å². The van der Waals surface area contributed by atoms with E-state index in [9.17, 15) is 10.1 Å². The Kier molecular flexibility index (Phi) is 4.42. The second kappa shape index (κ2) is 5.86. The Bertz CT molecular complexity index is 451. The summed E-state index contributed by atoms with van der Waals surface area (Å²) in [6, 6.07) is 5.21. The summed E-state index contributed by atoms with van der Waals surface area (Å²) in [5.41, 5.74) is 1.15. The minimum atomic E-state index is -0.343. The molecule has 0 radical (unpaired) electrons. The van der Waals surface area contributed by atoms with Gasteiger partial charge in [-0.15, -0.1) is 0 Å². The lowest BCUT2D eigenvalue weighted by Gasteiger charge is -2.16. The molecule has 0 bridgehead atoms. The summed E-state index contributed by atoms with van der Waals surface area (Å²) in [7, 11) is 0. The van der Waals surface area contributed by atoms with Crippen molar-refractivity contribution in [2.45, 2.75) is 26.2 Å². The summed E-state index contributed by atoms with van der Waals surface area (Å²) in [5.74, 6) is 1.52. The van der Waals surface area contributed by atoms with Crippen LogP contribution in [0.3, 0.4) is 0 Å². The Balaban J connectivity index is 1.98. The summed E-state index contributed by atoms with van der Waals surface area (Å²) < 4.78 is 0.682. The highest BCUT2D eigenvalue weighted by Crippen LogP contribution is 2.31. The van der Waals surface area contributed by atoms with Crippen LogP contribution in [0.4, 0.5) is 11.4 Å². The van der Waals surface area contributed by atoms with Crippen molar-refractivity contribution in [3.63, 3.8) is 0 Å². The molecule has 1 aliphatic carbocycles. The van der Waals surface area contributed by atoms with Crippen molar-refractivity contribution in [3.05, 3.63) is 31.9 Å². The van der Waals surface area contributed by atoms with Gasteiger partial charge in [-0.3, -0.25) is 10.1 Å². The molecule has 18 heavy (non-hydrogen) atoms. The third-order valence-electron chi connectivity index (χ3n) is 3.75. The largest absolute Gasteiger partial charge is 0.385 e. The minimum Gasteiger partial charge on any atom is -0.385 e. The zero-order chi connectivity index (χ0) is 13.1. The van der Waals surface area contributed by atoms with Crippen LogP contribution in [0.2, 0.25) is 0 Å². The third-order valence-corrected chi connectivity index (χ3v) is 4.62. The molecule has 98 valence electrons. The molecule has 0 heterocycles. The number of nitro benzene ring substituents is 1. The van der Waals surface area contributed by atoms with Gasteiger partial charge in [0.05, 0.1) is 8.49 Å². The van der Waals surface area contributed by atoms with Gasteiger partial charge in [-0.2, -0.15) is 0 Å². The smallest absolute Gasteiger partial charge is 0.282 e.